The van der Waals surface area contributed by atoms with Gasteiger partial charge in [0, 0.05) is 6.54 Å². The van der Waals surface area contributed by atoms with Crippen molar-refractivity contribution in [1.29, 1.82) is 0 Å². The molecule has 0 heterocycles. The summed E-state index contributed by atoms with van der Waals surface area (Å²) in [5.41, 5.74) is 2.97. The van der Waals surface area contributed by atoms with Crippen molar-refractivity contribution >= 4 is 0 Å². The zero-order valence-electron chi connectivity index (χ0n) is 15.5. The Balaban J connectivity index is 2.18. The molecule has 1 unspecified atom stereocenters. The van der Waals surface area contributed by atoms with Gasteiger partial charge in [0.2, 0.25) is 0 Å². The number of rotatable bonds is 7. The lowest BCUT2D eigenvalue weighted by Crippen LogP contribution is -2.48. The topological polar surface area (TPSA) is 32.3 Å². The first-order chi connectivity index (χ1) is 12.6. The zero-order chi connectivity index (χ0) is 18.4. The normalized spacial score (nSPS) is 12.9. The minimum Gasteiger partial charge on any atom is -0.392 e. The fraction of sp³-hybridized carbons (Fsp3) is 0.250. The molecule has 2 N–H and O–H groups in total. The molecule has 3 rings (SSSR count). The van der Waals surface area contributed by atoms with Crippen LogP contribution in [0.5, 0.6) is 0 Å². The third kappa shape index (κ3) is 3.72. The highest BCUT2D eigenvalue weighted by Crippen LogP contribution is 2.36. The summed E-state index contributed by atoms with van der Waals surface area (Å²) in [4.78, 5) is 0. The van der Waals surface area contributed by atoms with E-state index in [-0.39, 0.29) is 5.92 Å². The van der Waals surface area contributed by atoms with Gasteiger partial charge in [0.25, 0.3) is 0 Å². The van der Waals surface area contributed by atoms with Crippen molar-refractivity contribution < 1.29 is 5.11 Å². The Morgan fingerprint density at radius 1 is 0.692 bits per heavy atom. The van der Waals surface area contributed by atoms with E-state index in [0.29, 0.717) is 6.54 Å². The van der Waals surface area contributed by atoms with Gasteiger partial charge in [-0.15, -0.1) is 0 Å². The molecular weight excluding hydrogens is 318 g/mol. The van der Waals surface area contributed by atoms with E-state index < -0.39 is 11.6 Å². The number of hydrogen-bond acceptors (Lipinski definition) is 2. The second-order valence-electron chi connectivity index (χ2n) is 7.04. The summed E-state index contributed by atoms with van der Waals surface area (Å²) in [6.07, 6.45) is -0.412. The van der Waals surface area contributed by atoms with Crippen LogP contribution in [0.2, 0.25) is 0 Å². The van der Waals surface area contributed by atoms with Crippen LogP contribution in [-0.4, -0.2) is 17.8 Å². The van der Waals surface area contributed by atoms with Gasteiger partial charge in [-0.1, -0.05) is 105 Å². The lowest BCUT2D eigenvalue weighted by atomic mass is 9.77. The number of aliphatic hydroxyl groups excluding tert-OH is 1. The Hall–Kier alpha value is -2.42. The second-order valence-corrected chi connectivity index (χ2v) is 7.04. The summed E-state index contributed by atoms with van der Waals surface area (Å²) in [5, 5.41) is 14.2. The summed E-state index contributed by atoms with van der Waals surface area (Å²) in [5.74, 6) is 0.197. The molecule has 0 aliphatic heterocycles. The van der Waals surface area contributed by atoms with Crippen LogP contribution in [0.15, 0.2) is 91.0 Å². The smallest absolute Gasteiger partial charge is 0.0948 e. The molecule has 0 amide bonds. The molecule has 2 nitrogen and oxygen atoms in total. The minimum absolute atomic E-state index is 0.197. The Morgan fingerprint density at radius 3 is 1.35 bits per heavy atom. The third-order valence-corrected chi connectivity index (χ3v) is 4.97. The molecular formula is C24H27NO. The molecule has 0 aromatic heterocycles. The maximum atomic E-state index is 10.5. The Kier molecular flexibility index (Phi) is 5.87. The number of benzene rings is 3. The van der Waals surface area contributed by atoms with E-state index in [0.717, 1.165) is 16.7 Å². The summed E-state index contributed by atoms with van der Waals surface area (Å²) >= 11 is 0. The molecule has 0 aliphatic carbocycles. The van der Waals surface area contributed by atoms with Gasteiger partial charge in [-0.05, 0) is 22.6 Å². The van der Waals surface area contributed by atoms with Crippen LogP contribution >= 0.6 is 0 Å². The van der Waals surface area contributed by atoms with Crippen LogP contribution in [0.25, 0.3) is 0 Å². The molecule has 0 spiro atoms. The van der Waals surface area contributed by atoms with Gasteiger partial charge >= 0.3 is 0 Å². The van der Waals surface area contributed by atoms with Gasteiger partial charge in [-0.25, -0.2) is 0 Å². The van der Waals surface area contributed by atoms with Crippen LogP contribution in [0, 0.1) is 5.92 Å². The number of nitrogens with one attached hydrogen (secondary N) is 1. The van der Waals surface area contributed by atoms with Crippen LogP contribution in [0.4, 0.5) is 0 Å². The highest BCUT2D eigenvalue weighted by molar-refractivity contribution is 5.49. The highest BCUT2D eigenvalue weighted by atomic mass is 16.3. The Labute approximate surface area is 156 Å². The molecule has 134 valence electrons. The van der Waals surface area contributed by atoms with E-state index in [1.165, 1.54) is 0 Å². The zero-order valence-corrected chi connectivity index (χ0v) is 15.5. The Bertz CT molecular complexity index is 688. The number of aliphatic hydroxyl groups is 1. The average Bonchev–Trinajstić information content (AvgIpc) is 2.70. The first kappa shape index (κ1) is 18.4. The SMILES string of the molecule is CC(C)C(O)CNC(c1ccccc1)(c1ccccc1)c1ccccc1. The van der Waals surface area contributed by atoms with Gasteiger partial charge in [0.1, 0.15) is 0 Å². The van der Waals surface area contributed by atoms with Crippen LogP contribution in [0.1, 0.15) is 30.5 Å². The molecule has 0 bridgehead atoms. The van der Waals surface area contributed by atoms with E-state index in [4.69, 9.17) is 0 Å². The molecule has 0 radical (unpaired) electrons. The molecule has 3 aromatic rings. The quantitative estimate of drug-likeness (QED) is 0.614. The van der Waals surface area contributed by atoms with Gasteiger partial charge in [-0.2, -0.15) is 0 Å². The molecule has 0 saturated carbocycles. The second kappa shape index (κ2) is 8.31. The number of hydrogen-bond donors (Lipinski definition) is 2. The van der Waals surface area contributed by atoms with Crippen LogP contribution in [-0.2, 0) is 5.54 Å². The molecule has 0 saturated heterocycles. The minimum atomic E-state index is -0.514. The highest BCUT2D eigenvalue weighted by Gasteiger charge is 2.36. The fourth-order valence-corrected chi connectivity index (χ4v) is 3.36. The van der Waals surface area contributed by atoms with Crippen molar-refractivity contribution in [3.63, 3.8) is 0 Å². The maximum absolute atomic E-state index is 10.5. The predicted octanol–water partition coefficient (Wildman–Crippen LogP) is 4.59. The first-order valence-corrected chi connectivity index (χ1v) is 9.24. The van der Waals surface area contributed by atoms with E-state index in [9.17, 15) is 5.11 Å². The Morgan fingerprint density at radius 2 is 1.04 bits per heavy atom. The van der Waals surface area contributed by atoms with Crippen molar-refractivity contribution in [2.75, 3.05) is 6.54 Å². The average molecular weight is 345 g/mol. The standard InChI is InChI=1S/C24H27NO/c1-19(2)23(26)18-25-24(20-12-6-3-7-13-20,21-14-8-4-9-15-21)22-16-10-5-11-17-22/h3-17,19,23,25-26H,18H2,1-2H3. The fourth-order valence-electron chi connectivity index (χ4n) is 3.36. The summed E-state index contributed by atoms with van der Waals surface area (Å²) < 4.78 is 0. The first-order valence-electron chi connectivity index (χ1n) is 9.24. The predicted molar refractivity (Wildman–Crippen MR) is 108 cm³/mol. The van der Waals surface area contributed by atoms with Gasteiger partial charge in [-0.3, -0.25) is 5.32 Å². The maximum Gasteiger partial charge on any atom is 0.0948 e. The van der Waals surface area contributed by atoms with E-state index in [1.54, 1.807) is 0 Å². The van der Waals surface area contributed by atoms with E-state index >= 15 is 0 Å². The summed E-state index contributed by atoms with van der Waals surface area (Å²) in [6.45, 7) is 4.60. The lowest BCUT2D eigenvalue weighted by Gasteiger charge is -2.38. The monoisotopic (exact) mass is 345 g/mol. The van der Waals surface area contributed by atoms with Gasteiger partial charge < -0.3 is 5.11 Å². The van der Waals surface area contributed by atoms with Crippen molar-refractivity contribution in [3.05, 3.63) is 108 Å². The molecule has 0 fully saturated rings. The van der Waals surface area contributed by atoms with Crippen molar-refractivity contribution in [3.8, 4) is 0 Å². The molecule has 2 heteroatoms. The van der Waals surface area contributed by atoms with Crippen molar-refractivity contribution in [2.45, 2.75) is 25.5 Å². The van der Waals surface area contributed by atoms with Gasteiger partial charge in [0.05, 0.1) is 11.6 Å². The largest absolute Gasteiger partial charge is 0.392 e. The van der Waals surface area contributed by atoms with E-state index in [1.807, 2.05) is 32.0 Å². The third-order valence-electron chi connectivity index (χ3n) is 4.97. The lowest BCUT2D eigenvalue weighted by molar-refractivity contribution is 0.117. The summed E-state index contributed by atoms with van der Waals surface area (Å²) in [7, 11) is 0. The summed E-state index contributed by atoms with van der Waals surface area (Å²) in [6, 6.07) is 31.4. The van der Waals surface area contributed by atoms with E-state index in [2.05, 4.69) is 78.1 Å². The van der Waals surface area contributed by atoms with Crippen molar-refractivity contribution in [1.82, 2.24) is 5.32 Å². The molecule has 1 atom stereocenters. The molecule has 26 heavy (non-hydrogen) atoms. The van der Waals surface area contributed by atoms with Crippen LogP contribution < -0.4 is 5.32 Å². The van der Waals surface area contributed by atoms with Crippen LogP contribution in [0.3, 0.4) is 0 Å². The van der Waals surface area contributed by atoms with Gasteiger partial charge in [0.15, 0.2) is 0 Å². The molecule has 3 aromatic carbocycles. The van der Waals surface area contributed by atoms with Crippen molar-refractivity contribution in [2.24, 2.45) is 5.92 Å². The molecule has 0 aliphatic rings.